The van der Waals surface area contributed by atoms with E-state index in [4.69, 9.17) is 16.3 Å². The highest BCUT2D eigenvalue weighted by Gasteiger charge is 2.12. The lowest BCUT2D eigenvalue weighted by Crippen LogP contribution is -2.01. The first-order chi connectivity index (χ1) is 10.1. The van der Waals surface area contributed by atoms with Gasteiger partial charge in [-0.05, 0) is 37.3 Å². The van der Waals surface area contributed by atoms with Crippen molar-refractivity contribution in [1.82, 2.24) is 9.97 Å². The minimum absolute atomic E-state index is 0.373. The first-order valence-corrected chi connectivity index (χ1v) is 7.40. The molecular formula is C15H11ClN2O2S. The van der Waals surface area contributed by atoms with Crippen LogP contribution in [0.3, 0.4) is 0 Å². The normalized spacial score (nSPS) is 10.8. The number of nitrogens with zero attached hydrogens (tertiary/aromatic N) is 2. The molecular weight excluding hydrogens is 308 g/mol. The maximum Gasteiger partial charge on any atom is 0.337 e. The van der Waals surface area contributed by atoms with Gasteiger partial charge in [0.25, 0.3) is 0 Å². The molecule has 0 atom stereocenters. The Bertz CT molecular complexity index is 845. The highest BCUT2D eigenvalue weighted by Crippen LogP contribution is 2.29. The molecule has 0 aliphatic rings. The number of methoxy groups -OCH3 is 1. The monoisotopic (exact) mass is 318 g/mol. The fourth-order valence-corrected chi connectivity index (χ4v) is 3.04. The lowest BCUT2D eigenvalue weighted by Gasteiger charge is -2.05. The van der Waals surface area contributed by atoms with Gasteiger partial charge in [0.05, 0.1) is 23.1 Å². The molecule has 0 saturated carbocycles. The van der Waals surface area contributed by atoms with Gasteiger partial charge in [0, 0.05) is 10.3 Å². The fraction of sp³-hybridized carbons (Fsp3) is 0.133. The topological polar surface area (TPSA) is 52.1 Å². The van der Waals surface area contributed by atoms with E-state index in [2.05, 4.69) is 9.97 Å². The second kappa shape index (κ2) is 5.42. The van der Waals surface area contributed by atoms with Gasteiger partial charge in [-0.15, -0.1) is 11.3 Å². The molecule has 3 aromatic rings. The first kappa shape index (κ1) is 14.0. The number of rotatable bonds is 2. The average molecular weight is 319 g/mol. The molecule has 0 fully saturated rings. The summed E-state index contributed by atoms with van der Waals surface area (Å²) in [6, 6.07) is 9.01. The van der Waals surface area contributed by atoms with E-state index in [0.29, 0.717) is 27.4 Å². The van der Waals surface area contributed by atoms with Crippen LogP contribution in [-0.4, -0.2) is 23.0 Å². The molecule has 106 valence electrons. The van der Waals surface area contributed by atoms with Crippen LogP contribution in [0.4, 0.5) is 0 Å². The van der Waals surface area contributed by atoms with Crippen LogP contribution < -0.4 is 0 Å². The number of carbonyl (C=O) groups is 1. The fourth-order valence-electron chi connectivity index (χ4n) is 2.00. The number of hydrogen-bond acceptors (Lipinski definition) is 5. The summed E-state index contributed by atoms with van der Waals surface area (Å²) in [7, 11) is 1.35. The lowest BCUT2D eigenvalue weighted by molar-refractivity contribution is 0.0601. The summed E-state index contributed by atoms with van der Waals surface area (Å²) >= 11 is 7.82. The standard InChI is InChI=1S/C15H11ClN2O2S/c1-8-3-6-12(21-8)14-17-11-7-9(15(19)20-2)4-5-10(11)13(16)18-14/h3-7H,1-2H3. The second-order valence-electron chi connectivity index (χ2n) is 4.47. The molecule has 0 unspecified atom stereocenters. The zero-order valence-electron chi connectivity index (χ0n) is 11.4. The number of halogens is 1. The van der Waals surface area contributed by atoms with Crippen LogP contribution in [0, 0.1) is 6.92 Å². The largest absolute Gasteiger partial charge is 0.465 e. The number of fused-ring (bicyclic) bond motifs is 1. The molecule has 0 saturated heterocycles. The number of ether oxygens (including phenoxy) is 1. The molecule has 1 aromatic carbocycles. The summed E-state index contributed by atoms with van der Waals surface area (Å²) in [4.78, 5) is 22.6. The zero-order valence-corrected chi connectivity index (χ0v) is 13.0. The summed E-state index contributed by atoms with van der Waals surface area (Å²) < 4.78 is 4.72. The molecule has 2 aromatic heterocycles. The third kappa shape index (κ3) is 2.62. The molecule has 0 amide bonds. The van der Waals surface area contributed by atoms with E-state index in [0.717, 1.165) is 4.88 Å². The van der Waals surface area contributed by atoms with Crippen molar-refractivity contribution in [1.29, 1.82) is 0 Å². The minimum Gasteiger partial charge on any atom is -0.465 e. The smallest absolute Gasteiger partial charge is 0.337 e. The van der Waals surface area contributed by atoms with Crippen LogP contribution in [0.1, 0.15) is 15.2 Å². The van der Waals surface area contributed by atoms with E-state index in [1.54, 1.807) is 29.5 Å². The first-order valence-electron chi connectivity index (χ1n) is 6.21. The zero-order chi connectivity index (χ0) is 15.0. The van der Waals surface area contributed by atoms with Gasteiger partial charge in [-0.3, -0.25) is 0 Å². The summed E-state index contributed by atoms with van der Waals surface area (Å²) in [5, 5.41) is 1.08. The number of thiophene rings is 1. The van der Waals surface area contributed by atoms with Crippen molar-refractivity contribution in [3.8, 4) is 10.7 Å². The van der Waals surface area contributed by atoms with Crippen molar-refractivity contribution in [2.75, 3.05) is 7.11 Å². The average Bonchev–Trinajstić information content (AvgIpc) is 2.92. The maximum atomic E-state index is 11.6. The van der Waals surface area contributed by atoms with Gasteiger partial charge in [-0.25, -0.2) is 14.8 Å². The van der Waals surface area contributed by atoms with Crippen molar-refractivity contribution in [3.05, 3.63) is 45.9 Å². The van der Waals surface area contributed by atoms with Crippen LogP contribution in [0.15, 0.2) is 30.3 Å². The van der Waals surface area contributed by atoms with Gasteiger partial charge in [0.1, 0.15) is 5.15 Å². The second-order valence-corrected chi connectivity index (χ2v) is 6.12. The van der Waals surface area contributed by atoms with Crippen molar-refractivity contribution >= 4 is 39.8 Å². The lowest BCUT2D eigenvalue weighted by atomic mass is 10.1. The number of benzene rings is 1. The van der Waals surface area contributed by atoms with Gasteiger partial charge >= 0.3 is 5.97 Å². The Hall–Kier alpha value is -1.98. The number of aryl methyl sites for hydroxylation is 1. The predicted molar refractivity (Wildman–Crippen MR) is 83.9 cm³/mol. The molecule has 4 nitrogen and oxygen atoms in total. The third-order valence-electron chi connectivity index (χ3n) is 3.03. The Morgan fingerprint density at radius 1 is 1.24 bits per heavy atom. The Morgan fingerprint density at radius 2 is 2.05 bits per heavy atom. The van der Waals surface area contributed by atoms with Gasteiger partial charge in [-0.2, -0.15) is 0 Å². The van der Waals surface area contributed by atoms with E-state index in [1.807, 2.05) is 19.1 Å². The van der Waals surface area contributed by atoms with Crippen molar-refractivity contribution in [3.63, 3.8) is 0 Å². The predicted octanol–water partition coefficient (Wildman–Crippen LogP) is 4.11. The van der Waals surface area contributed by atoms with Gasteiger partial charge in [0.2, 0.25) is 0 Å². The van der Waals surface area contributed by atoms with Crippen LogP contribution in [0.5, 0.6) is 0 Å². The van der Waals surface area contributed by atoms with E-state index in [1.165, 1.54) is 12.0 Å². The highest BCUT2D eigenvalue weighted by molar-refractivity contribution is 7.15. The maximum absolute atomic E-state index is 11.6. The van der Waals surface area contributed by atoms with Crippen LogP contribution in [0.2, 0.25) is 5.15 Å². The summed E-state index contributed by atoms with van der Waals surface area (Å²) in [5.41, 5.74) is 1.06. The SMILES string of the molecule is COC(=O)c1ccc2c(Cl)nc(-c3ccc(C)s3)nc2c1. The van der Waals surface area contributed by atoms with Crippen molar-refractivity contribution in [2.45, 2.75) is 6.92 Å². The molecule has 0 N–H and O–H groups in total. The van der Waals surface area contributed by atoms with E-state index in [-0.39, 0.29) is 0 Å². The molecule has 0 bridgehead atoms. The molecule has 2 heterocycles. The Morgan fingerprint density at radius 3 is 2.71 bits per heavy atom. The molecule has 0 spiro atoms. The Balaban J connectivity index is 2.18. The third-order valence-corrected chi connectivity index (χ3v) is 4.32. The van der Waals surface area contributed by atoms with E-state index < -0.39 is 5.97 Å². The Kier molecular flexibility index (Phi) is 3.61. The molecule has 0 radical (unpaired) electrons. The number of esters is 1. The molecule has 3 rings (SSSR count). The summed E-state index contributed by atoms with van der Waals surface area (Å²) in [6.07, 6.45) is 0. The highest BCUT2D eigenvalue weighted by atomic mass is 35.5. The van der Waals surface area contributed by atoms with E-state index in [9.17, 15) is 4.79 Å². The summed E-state index contributed by atoms with van der Waals surface area (Å²) in [6.45, 7) is 2.02. The van der Waals surface area contributed by atoms with E-state index >= 15 is 0 Å². The summed E-state index contributed by atoms with van der Waals surface area (Å²) in [5.74, 6) is 0.160. The van der Waals surface area contributed by atoms with Gasteiger partial charge in [0.15, 0.2) is 5.82 Å². The van der Waals surface area contributed by atoms with Crippen LogP contribution in [0.25, 0.3) is 21.6 Å². The number of carbonyl (C=O) groups excluding carboxylic acids is 1. The van der Waals surface area contributed by atoms with Crippen molar-refractivity contribution < 1.29 is 9.53 Å². The molecule has 0 aliphatic heterocycles. The van der Waals surface area contributed by atoms with Crippen LogP contribution in [-0.2, 0) is 4.74 Å². The number of hydrogen-bond donors (Lipinski definition) is 0. The van der Waals surface area contributed by atoms with Crippen molar-refractivity contribution in [2.24, 2.45) is 0 Å². The van der Waals surface area contributed by atoms with Gasteiger partial charge in [-0.1, -0.05) is 11.6 Å². The number of aromatic nitrogens is 2. The molecule has 21 heavy (non-hydrogen) atoms. The quantitative estimate of drug-likeness (QED) is 0.527. The Labute approximate surface area is 130 Å². The van der Waals surface area contributed by atoms with Crippen LogP contribution >= 0.6 is 22.9 Å². The molecule has 0 aliphatic carbocycles. The molecule has 6 heteroatoms. The van der Waals surface area contributed by atoms with Gasteiger partial charge < -0.3 is 4.74 Å². The minimum atomic E-state index is -0.403.